The molecule has 2 aromatic heterocycles. The summed E-state index contributed by atoms with van der Waals surface area (Å²) in [4.78, 5) is 20.4. The van der Waals surface area contributed by atoms with Gasteiger partial charge in [0, 0.05) is 30.4 Å². The largest absolute Gasteiger partial charge is 0.492 e. The molecule has 3 heterocycles. The number of amides is 1. The van der Waals surface area contributed by atoms with Crippen LogP contribution in [0.1, 0.15) is 36.8 Å². The number of carbonyl (C=O) groups is 1. The minimum Gasteiger partial charge on any atom is -0.492 e. The summed E-state index contributed by atoms with van der Waals surface area (Å²) in [5.41, 5.74) is 3.26. The number of benzene rings is 1. The molecule has 0 spiro atoms. The number of nitrogens with one attached hydrogen (secondary N) is 3. The van der Waals surface area contributed by atoms with Crippen LogP contribution in [0.4, 0.5) is 15.8 Å². The van der Waals surface area contributed by atoms with E-state index in [1.54, 1.807) is 24.5 Å². The van der Waals surface area contributed by atoms with Gasteiger partial charge in [-0.05, 0) is 39.0 Å². The standard InChI is InChI=1S/C25H29FN4O4/c1-25(2,3)34-13-12-33-19-14-27-10-8-15(19)21-22(20-17(29-21)9-11-28-24(20)31)30-18-7-5-6-16(26)23(18)32-4/h5-8,10,14,29-30H,9,11-13H2,1-4H3,(H,28,31). The SMILES string of the molecule is COc1c(F)cccc1Nc1c(-c2ccncc2OCCOC(C)(C)C)[nH]c2c1C(=O)NCC2. The normalized spacial score (nSPS) is 13.3. The summed E-state index contributed by atoms with van der Waals surface area (Å²) in [6.07, 6.45) is 3.91. The molecular weight excluding hydrogens is 439 g/mol. The van der Waals surface area contributed by atoms with Gasteiger partial charge in [-0.3, -0.25) is 9.78 Å². The molecule has 3 N–H and O–H groups in total. The summed E-state index contributed by atoms with van der Waals surface area (Å²) in [6.45, 7) is 7.21. The number of nitrogens with zero attached hydrogens (tertiary/aromatic N) is 1. The Morgan fingerprint density at radius 3 is 2.79 bits per heavy atom. The highest BCUT2D eigenvalue weighted by Gasteiger charge is 2.29. The summed E-state index contributed by atoms with van der Waals surface area (Å²) in [7, 11) is 1.40. The lowest BCUT2D eigenvalue weighted by molar-refractivity contribution is -0.0162. The van der Waals surface area contributed by atoms with Crippen molar-refractivity contribution in [3.05, 3.63) is 53.7 Å². The van der Waals surface area contributed by atoms with E-state index in [1.807, 2.05) is 26.8 Å². The predicted octanol–water partition coefficient (Wildman–Crippen LogP) is 4.45. The van der Waals surface area contributed by atoms with Gasteiger partial charge >= 0.3 is 0 Å². The maximum absolute atomic E-state index is 14.3. The van der Waals surface area contributed by atoms with Gasteiger partial charge in [-0.25, -0.2) is 4.39 Å². The van der Waals surface area contributed by atoms with E-state index in [0.717, 1.165) is 5.69 Å². The summed E-state index contributed by atoms with van der Waals surface area (Å²) in [5, 5.41) is 6.10. The Bertz CT molecular complexity index is 1190. The van der Waals surface area contributed by atoms with Crippen LogP contribution in [0.25, 0.3) is 11.3 Å². The third kappa shape index (κ3) is 4.99. The average Bonchev–Trinajstić information content (AvgIpc) is 3.16. The van der Waals surface area contributed by atoms with Crippen molar-refractivity contribution < 1.29 is 23.4 Å². The maximum Gasteiger partial charge on any atom is 0.255 e. The zero-order valence-corrected chi connectivity index (χ0v) is 19.8. The van der Waals surface area contributed by atoms with E-state index in [-0.39, 0.29) is 17.3 Å². The van der Waals surface area contributed by atoms with E-state index < -0.39 is 5.82 Å². The second-order valence-corrected chi connectivity index (χ2v) is 8.86. The first kappa shape index (κ1) is 23.6. The van der Waals surface area contributed by atoms with Gasteiger partial charge in [0.25, 0.3) is 5.91 Å². The predicted molar refractivity (Wildman–Crippen MR) is 127 cm³/mol. The van der Waals surface area contributed by atoms with Crippen molar-refractivity contribution in [2.75, 3.05) is 32.2 Å². The van der Waals surface area contributed by atoms with Gasteiger partial charge in [-0.1, -0.05) is 6.07 Å². The molecule has 0 saturated heterocycles. The number of fused-ring (bicyclic) bond motifs is 1. The third-order valence-corrected chi connectivity index (χ3v) is 5.33. The molecule has 0 aliphatic carbocycles. The lowest BCUT2D eigenvalue weighted by atomic mass is 10.0. The second kappa shape index (κ2) is 9.72. The molecule has 1 aliphatic rings. The molecule has 0 atom stereocenters. The molecule has 1 aliphatic heterocycles. The Kier molecular flexibility index (Phi) is 6.74. The molecular formula is C25H29FN4O4. The first-order chi connectivity index (χ1) is 16.3. The van der Waals surface area contributed by atoms with Crippen molar-refractivity contribution in [2.45, 2.75) is 32.8 Å². The lowest BCUT2D eigenvalue weighted by Crippen LogP contribution is -2.31. The number of aromatic amines is 1. The minimum absolute atomic E-state index is 0.0603. The van der Waals surface area contributed by atoms with Crippen molar-refractivity contribution in [3.63, 3.8) is 0 Å². The van der Waals surface area contributed by atoms with Gasteiger partial charge in [0.05, 0.1) is 48.1 Å². The third-order valence-electron chi connectivity index (χ3n) is 5.33. The number of halogens is 1. The fourth-order valence-corrected chi connectivity index (χ4v) is 3.86. The van der Waals surface area contributed by atoms with Crippen molar-refractivity contribution in [2.24, 2.45) is 0 Å². The highest BCUT2D eigenvalue weighted by atomic mass is 19.1. The van der Waals surface area contributed by atoms with Gasteiger partial charge in [0.2, 0.25) is 0 Å². The molecule has 0 saturated carbocycles. The van der Waals surface area contributed by atoms with Crippen LogP contribution in [0, 0.1) is 5.82 Å². The van der Waals surface area contributed by atoms with Gasteiger partial charge in [0.15, 0.2) is 11.6 Å². The zero-order chi connectivity index (χ0) is 24.3. The number of rotatable bonds is 8. The molecule has 8 nitrogen and oxygen atoms in total. The van der Waals surface area contributed by atoms with Crippen LogP contribution < -0.4 is 20.1 Å². The Morgan fingerprint density at radius 2 is 2.03 bits per heavy atom. The van der Waals surface area contributed by atoms with Crippen LogP contribution in [0.3, 0.4) is 0 Å². The Labute approximate surface area is 197 Å². The van der Waals surface area contributed by atoms with Gasteiger partial charge in [-0.15, -0.1) is 0 Å². The first-order valence-electron chi connectivity index (χ1n) is 11.1. The van der Waals surface area contributed by atoms with Gasteiger partial charge < -0.3 is 29.8 Å². The van der Waals surface area contributed by atoms with Crippen LogP contribution >= 0.6 is 0 Å². The summed E-state index contributed by atoms with van der Waals surface area (Å²) >= 11 is 0. The molecule has 1 aromatic carbocycles. The second-order valence-electron chi connectivity index (χ2n) is 8.86. The summed E-state index contributed by atoms with van der Waals surface area (Å²) in [5.74, 6) is -0.121. The zero-order valence-electron chi connectivity index (χ0n) is 19.8. The summed E-state index contributed by atoms with van der Waals surface area (Å²) in [6, 6.07) is 6.40. The Balaban J connectivity index is 1.74. The van der Waals surface area contributed by atoms with Crippen LogP contribution in [-0.4, -0.2) is 48.3 Å². The molecule has 4 rings (SSSR count). The molecule has 34 heavy (non-hydrogen) atoms. The number of hydrogen-bond donors (Lipinski definition) is 3. The van der Waals surface area contributed by atoms with Crippen LogP contribution in [0.15, 0.2) is 36.7 Å². The highest BCUT2D eigenvalue weighted by molar-refractivity contribution is 6.06. The number of para-hydroxylation sites is 1. The number of ether oxygens (including phenoxy) is 3. The smallest absolute Gasteiger partial charge is 0.255 e. The summed E-state index contributed by atoms with van der Waals surface area (Å²) < 4.78 is 31.4. The quantitative estimate of drug-likeness (QED) is 0.423. The van der Waals surface area contributed by atoms with Crippen LogP contribution in [0.5, 0.6) is 11.5 Å². The number of anilines is 2. The van der Waals surface area contributed by atoms with Crippen molar-refractivity contribution in [3.8, 4) is 22.8 Å². The topological polar surface area (TPSA) is 97.5 Å². The lowest BCUT2D eigenvalue weighted by Gasteiger charge is -2.20. The van der Waals surface area contributed by atoms with Crippen LogP contribution in [0.2, 0.25) is 0 Å². The van der Waals surface area contributed by atoms with E-state index in [0.29, 0.717) is 60.1 Å². The number of pyridine rings is 1. The Morgan fingerprint density at radius 1 is 1.21 bits per heavy atom. The molecule has 0 radical (unpaired) electrons. The van der Waals surface area contributed by atoms with Crippen molar-refractivity contribution in [1.82, 2.24) is 15.3 Å². The van der Waals surface area contributed by atoms with E-state index >= 15 is 0 Å². The minimum atomic E-state index is -0.505. The Hall–Kier alpha value is -3.59. The fourth-order valence-electron chi connectivity index (χ4n) is 3.86. The number of hydrogen-bond acceptors (Lipinski definition) is 6. The molecule has 180 valence electrons. The first-order valence-corrected chi connectivity index (χ1v) is 11.1. The molecule has 3 aromatic rings. The van der Waals surface area contributed by atoms with Gasteiger partial charge in [-0.2, -0.15) is 0 Å². The van der Waals surface area contributed by atoms with Gasteiger partial charge in [0.1, 0.15) is 12.4 Å². The molecule has 0 unspecified atom stereocenters. The van der Waals surface area contributed by atoms with E-state index in [9.17, 15) is 9.18 Å². The number of methoxy groups -OCH3 is 1. The fraction of sp³-hybridized carbons (Fsp3) is 0.360. The van der Waals surface area contributed by atoms with E-state index in [2.05, 4.69) is 20.6 Å². The average molecular weight is 469 g/mol. The van der Waals surface area contributed by atoms with Crippen LogP contribution in [-0.2, 0) is 11.2 Å². The van der Waals surface area contributed by atoms with Crippen molar-refractivity contribution >= 4 is 17.3 Å². The molecule has 0 fully saturated rings. The van der Waals surface area contributed by atoms with E-state index in [4.69, 9.17) is 14.2 Å². The number of aromatic nitrogens is 2. The molecule has 0 bridgehead atoms. The van der Waals surface area contributed by atoms with E-state index in [1.165, 1.54) is 13.2 Å². The molecule has 1 amide bonds. The highest BCUT2D eigenvalue weighted by Crippen LogP contribution is 2.41. The maximum atomic E-state index is 14.3. The number of H-pyrrole nitrogens is 1. The van der Waals surface area contributed by atoms with Crippen molar-refractivity contribution in [1.29, 1.82) is 0 Å². The monoisotopic (exact) mass is 468 g/mol. The molecule has 9 heteroatoms. The number of carbonyl (C=O) groups excluding carboxylic acids is 1.